The van der Waals surface area contributed by atoms with Crippen LogP contribution in [-0.4, -0.2) is 33.5 Å². The summed E-state index contributed by atoms with van der Waals surface area (Å²) < 4.78 is 11.6. The zero-order valence-electron chi connectivity index (χ0n) is 16.7. The van der Waals surface area contributed by atoms with Gasteiger partial charge in [0.2, 0.25) is 5.88 Å². The predicted molar refractivity (Wildman–Crippen MR) is 110 cm³/mol. The summed E-state index contributed by atoms with van der Waals surface area (Å²) in [5, 5.41) is 17.7. The zero-order valence-corrected chi connectivity index (χ0v) is 17.4. The van der Waals surface area contributed by atoms with Crippen LogP contribution in [0.3, 0.4) is 0 Å². The monoisotopic (exact) mass is 403 g/mol. The van der Waals surface area contributed by atoms with Crippen molar-refractivity contribution < 1.29 is 14.6 Å². The first-order valence-electron chi connectivity index (χ1n) is 9.30. The fraction of sp³-hybridized carbons (Fsp3) is 0.429. The van der Waals surface area contributed by atoms with Gasteiger partial charge in [0.05, 0.1) is 12.3 Å². The van der Waals surface area contributed by atoms with Crippen LogP contribution in [0, 0.1) is 6.92 Å². The Balaban J connectivity index is 1.80. The van der Waals surface area contributed by atoms with Crippen molar-refractivity contribution in [3.05, 3.63) is 46.1 Å². The summed E-state index contributed by atoms with van der Waals surface area (Å²) in [4.78, 5) is 4.39. The standard InChI is InChI=1S/C21H26ClN3O3/c1-13-10-18(15(11-16(13)22)21(2,3)4)28-12-17-14-6-7-19(27-9-5-8-26)23-20(14)25-24-17/h6-7,10-11,26H,5,8-9,12H2,1-4H3,(H,23,24,25). The molecule has 0 aliphatic rings. The van der Waals surface area contributed by atoms with E-state index in [1.54, 1.807) is 6.07 Å². The van der Waals surface area contributed by atoms with Crippen LogP contribution < -0.4 is 9.47 Å². The zero-order chi connectivity index (χ0) is 20.3. The fourth-order valence-corrected chi connectivity index (χ4v) is 3.04. The molecule has 0 aliphatic carbocycles. The smallest absolute Gasteiger partial charge is 0.215 e. The number of fused-ring (bicyclic) bond motifs is 1. The Morgan fingerprint density at radius 2 is 1.96 bits per heavy atom. The molecule has 6 nitrogen and oxygen atoms in total. The van der Waals surface area contributed by atoms with Gasteiger partial charge < -0.3 is 14.6 Å². The number of aromatic amines is 1. The molecular formula is C21H26ClN3O3. The number of hydrogen-bond acceptors (Lipinski definition) is 5. The van der Waals surface area contributed by atoms with Crippen LogP contribution in [-0.2, 0) is 12.0 Å². The third-order valence-corrected chi connectivity index (χ3v) is 4.87. The van der Waals surface area contributed by atoms with E-state index in [9.17, 15) is 0 Å². The summed E-state index contributed by atoms with van der Waals surface area (Å²) in [6, 6.07) is 7.67. The molecule has 1 aromatic carbocycles. The van der Waals surface area contributed by atoms with Crippen LogP contribution in [0.4, 0.5) is 0 Å². The third-order valence-electron chi connectivity index (χ3n) is 4.46. The maximum atomic E-state index is 8.84. The van der Waals surface area contributed by atoms with E-state index in [0.29, 0.717) is 31.2 Å². The van der Waals surface area contributed by atoms with E-state index in [1.807, 2.05) is 25.1 Å². The second-order valence-electron chi connectivity index (χ2n) is 7.78. The van der Waals surface area contributed by atoms with Gasteiger partial charge in [0.15, 0.2) is 5.65 Å². The number of aryl methyl sites for hydroxylation is 1. The van der Waals surface area contributed by atoms with Crippen LogP contribution in [0.1, 0.15) is 44.0 Å². The molecule has 7 heteroatoms. The summed E-state index contributed by atoms with van der Waals surface area (Å²) in [7, 11) is 0. The van der Waals surface area contributed by atoms with E-state index in [0.717, 1.165) is 33.0 Å². The Kier molecular flexibility index (Phi) is 6.10. The van der Waals surface area contributed by atoms with Gasteiger partial charge in [0, 0.05) is 35.1 Å². The number of rotatable bonds is 7. The number of pyridine rings is 1. The Morgan fingerprint density at radius 3 is 2.68 bits per heavy atom. The normalized spacial score (nSPS) is 11.8. The lowest BCUT2D eigenvalue weighted by Gasteiger charge is -2.23. The van der Waals surface area contributed by atoms with Gasteiger partial charge in [-0.25, -0.2) is 0 Å². The number of ether oxygens (including phenoxy) is 2. The highest BCUT2D eigenvalue weighted by molar-refractivity contribution is 6.31. The van der Waals surface area contributed by atoms with Crippen LogP contribution in [0.5, 0.6) is 11.6 Å². The van der Waals surface area contributed by atoms with Crippen molar-refractivity contribution >= 4 is 22.6 Å². The molecular weight excluding hydrogens is 378 g/mol. The van der Waals surface area contributed by atoms with E-state index < -0.39 is 0 Å². The number of nitrogens with one attached hydrogen (secondary N) is 1. The number of nitrogens with zero attached hydrogens (tertiary/aromatic N) is 2. The summed E-state index contributed by atoms with van der Waals surface area (Å²) in [6.45, 7) is 9.22. The molecule has 3 rings (SSSR count). The average Bonchev–Trinajstić information content (AvgIpc) is 3.04. The first-order chi connectivity index (χ1) is 13.3. The number of hydrogen-bond donors (Lipinski definition) is 2. The molecule has 2 N–H and O–H groups in total. The van der Waals surface area contributed by atoms with Crippen molar-refractivity contribution in [2.75, 3.05) is 13.2 Å². The van der Waals surface area contributed by atoms with Gasteiger partial charge >= 0.3 is 0 Å². The topological polar surface area (TPSA) is 80.3 Å². The minimum Gasteiger partial charge on any atom is -0.487 e. The highest BCUT2D eigenvalue weighted by atomic mass is 35.5. The van der Waals surface area contributed by atoms with Crippen LogP contribution in [0.2, 0.25) is 5.02 Å². The van der Waals surface area contributed by atoms with Crippen molar-refractivity contribution in [1.29, 1.82) is 0 Å². The van der Waals surface area contributed by atoms with E-state index >= 15 is 0 Å². The van der Waals surface area contributed by atoms with Crippen LogP contribution in [0.15, 0.2) is 24.3 Å². The second kappa shape index (κ2) is 8.37. The molecule has 0 aliphatic heterocycles. The average molecular weight is 404 g/mol. The first-order valence-corrected chi connectivity index (χ1v) is 9.68. The lowest BCUT2D eigenvalue weighted by molar-refractivity contribution is 0.229. The van der Waals surface area contributed by atoms with Crippen molar-refractivity contribution in [1.82, 2.24) is 15.2 Å². The van der Waals surface area contributed by atoms with E-state index in [1.165, 1.54) is 0 Å². The summed E-state index contributed by atoms with van der Waals surface area (Å²) >= 11 is 6.32. The number of H-pyrrole nitrogens is 1. The van der Waals surface area contributed by atoms with Crippen molar-refractivity contribution in [3.63, 3.8) is 0 Å². The Morgan fingerprint density at radius 1 is 1.18 bits per heavy atom. The van der Waals surface area contributed by atoms with Gasteiger partial charge in [-0.05, 0) is 36.1 Å². The molecule has 0 unspecified atom stereocenters. The third kappa shape index (κ3) is 4.56. The molecule has 2 heterocycles. The number of aliphatic hydroxyl groups is 1. The second-order valence-corrected chi connectivity index (χ2v) is 8.19. The minimum atomic E-state index is -0.0922. The molecule has 0 fully saturated rings. The molecule has 0 atom stereocenters. The Bertz CT molecular complexity index is 963. The van der Waals surface area contributed by atoms with Gasteiger partial charge in [-0.15, -0.1) is 0 Å². The van der Waals surface area contributed by atoms with Crippen LogP contribution in [0.25, 0.3) is 11.0 Å². The molecule has 28 heavy (non-hydrogen) atoms. The molecule has 150 valence electrons. The highest BCUT2D eigenvalue weighted by Gasteiger charge is 2.21. The van der Waals surface area contributed by atoms with Crippen molar-refractivity contribution in [2.24, 2.45) is 0 Å². The van der Waals surface area contributed by atoms with Gasteiger partial charge in [-0.3, -0.25) is 5.10 Å². The molecule has 0 spiro atoms. The largest absolute Gasteiger partial charge is 0.487 e. The van der Waals surface area contributed by atoms with E-state index in [4.69, 9.17) is 26.2 Å². The number of halogens is 1. The Labute approximate surface area is 169 Å². The fourth-order valence-electron chi connectivity index (χ4n) is 2.87. The maximum absolute atomic E-state index is 8.84. The van der Waals surface area contributed by atoms with Crippen molar-refractivity contribution in [3.8, 4) is 11.6 Å². The number of aliphatic hydroxyl groups excluding tert-OH is 1. The SMILES string of the molecule is Cc1cc(OCc2[nH]nc3nc(OCCCO)ccc23)c(C(C)(C)C)cc1Cl. The minimum absolute atomic E-state index is 0.0901. The number of aromatic nitrogens is 3. The molecule has 0 saturated heterocycles. The molecule has 2 aromatic heterocycles. The summed E-state index contributed by atoms with van der Waals surface area (Å²) in [5.74, 6) is 1.30. The molecule has 0 radical (unpaired) electrons. The van der Waals surface area contributed by atoms with Gasteiger partial charge in [0.25, 0.3) is 0 Å². The predicted octanol–water partition coefficient (Wildman–Crippen LogP) is 4.56. The maximum Gasteiger partial charge on any atom is 0.215 e. The van der Waals surface area contributed by atoms with Gasteiger partial charge in [-0.1, -0.05) is 32.4 Å². The molecule has 0 saturated carbocycles. The van der Waals surface area contributed by atoms with Gasteiger partial charge in [0.1, 0.15) is 12.4 Å². The van der Waals surface area contributed by atoms with Crippen molar-refractivity contribution in [2.45, 2.75) is 46.1 Å². The van der Waals surface area contributed by atoms with E-state index in [-0.39, 0.29) is 12.0 Å². The lowest BCUT2D eigenvalue weighted by atomic mass is 9.86. The lowest BCUT2D eigenvalue weighted by Crippen LogP contribution is -2.14. The van der Waals surface area contributed by atoms with Crippen LogP contribution >= 0.6 is 11.6 Å². The quantitative estimate of drug-likeness (QED) is 0.565. The summed E-state index contributed by atoms with van der Waals surface area (Å²) in [5.41, 5.74) is 3.36. The summed E-state index contributed by atoms with van der Waals surface area (Å²) in [6.07, 6.45) is 0.565. The Hall–Kier alpha value is -2.31. The molecule has 0 amide bonds. The number of benzene rings is 1. The van der Waals surface area contributed by atoms with Gasteiger partial charge in [-0.2, -0.15) is 10.1 Å². The molecule has 0 bridgehead atoms. The molecule has 3 aromatic rings. The first kappa shape index (κ1) is 20.4. The van der Waals surface area contributed by atoms with E-state index in [2.05, 4.69) is 36.0 Å². The highest BCUT2D eigenvalue weighted by Crippen LogP contribution is 2.36.